The lowest BCUT2D eigenvalue weighted by molar-refractivity contribution is -0.156. The fourth-order valence-electron chi connectivity index (χ4n) is 2.55. The second-order valence-electron chi connectivity index (χ2n) is 6.84. The van der Waals surface area contributed by atoms with Gasteiger partial charge in [0.25, 0.3) is 0 Å². The van der Waals surface area contributed by atoms with Gasteiger partial charge < -0.3 is 20.1 Å². The number of esters is 2. The fraction of sp³-hybridized carbons (Fsp3) is 0.625. The molecule has 25 heavy (non-hydrogen) atoms. The first kappa shape index (κ1) is 18.9. The van der Waals surface area contributed by atoms with Gasteiger partial charge in [-0.1, -0.05) is 0 Å². The number of aromatic nitrogens is 2. The van der Waals surface area contributed by atoms with Gasteiger partial charge in [0.05, 0.1) is 19.3 Å². The van der Waals surface area contributed by atoms with Gasteiger partial charge in [-0.3, -0.25) is 9.69 Å². The number of nitrogen functional groups attached to an aromatic ring is 1. The molecule has 2 heterocycles. The molecule has 0 bridgehead atoms. The molecule has 1 aliphatic rings. The lowest BCUT2D eigenvalue weighted by atomic mass is 10.2. The van der Waals surface area contributed by atoms with Crippen LogP contribution in [-0.4, -0.2) is 72.5 Å². The number of nitrogens with zero attached hydrogens (tertiary/aromatic N) is 4. The highest BCUT2D eigenvalue weighted by Gasteiger charge is 2.24. The van der Waals surface area contributed by atoms with Crippen LogP contribution in [0.5, 0.6) is 0 Å². The van der Waals surface area contributed by atoms with Crippen LogP contribution in [0.1, 0.15) is 31.3 Å². The van der Waals surface area contributed by atoms with Crippen molar-refractivity contribution in [1.29, 1.82) is 0 Å². The Bertz CT molecular complexity index is 636. The van der Waals surface area contributed by atoms with Gasteiger partial charge in [0, 0.05) is 32.2 Å². The largest absolute Gasteiger partial charge is 0.464 e. The van der Waals surface area contributed by atoms with Gasteiger partial charge in [0.15, 0.2) is 11.5 Å². The zero-order valence-corrected chi connectivity index (χ0v) is 15.1. The Hall–Kier alpha value is -2.42. The van der Waals surface area contributed by atoms with E-state index >= 15 is 0 Å². The van der Waals surface area contributed by atoms with Gasteiger partial charge in [-0.25, -0.2) is 4.79 Å². The van der Waals surface area contributed by atoms with E-state index in [9.17, 15) is 9.59 Å². The average molecular weight is 351 g/mol. The van der Waals surface area contributed by atoms with Crippen LogP contribution in [0.2, 0.25) is 0 Å². The molecular formula is C16H25N5O4. The summed E-state index contributed by atoms with van der Waals surface area (Å²) >= 11 is 0. The number of carbonyl (C=O) groups excluding carboxylic acids is 2. The normalized spacial score (nSPS) is 15.8. The molecule has 138 valence electrons. The van der Waals surface area contributed by atoms with Crippen LogP contribution < -0.4 is 10.6 Å². The Morgan fingerprint density at radius 1 is 1.20 bits per heavy atom. The highest BCUT2D eigenvalue weighted by Crippen LogP contribution is 2.23. The van der Waals surface area contributed by atoms with Crippen LogP contribution in [0.25, 0.3) is 0 Å². The second-order valence-corrected chi connectivity index (χ2v) is 6.84. The molecule has 0 atom stereocenters. The minimum atomic E-state index is -0.558. The number of hydrogen-bond acceptors (Lipinski definition) is 9. The Labute approximate surface area is 147 Å². The van der Waals surface area contributed by atoms with Gasteiger partial charge in [0.2, 0.25) is 0 Å². The molecule has 1 aromatic heterocycles. The van der Waals surface area contributed by atoms with Crippen molar-refractivity contribution in [2.75, 3.05) is 50.5 Å². The second kappa shape index (κ2) is 7.64. The highest BCUT2D eigenvalue weighted by atomic mass is 16.6. The van der Waals surface area contributed by atoms with Gasteiger partial charge in [-0.15, -0.1) is 10.2 Å². The summed E-state index contributed by atoms with van der Waals surface area (Å²) in [7, 11) is 1.29. The third-order valence-corrected chi connectivity index (χ3v) is 3.68. The summed E-state index contributed by atoms with van der Waals surface area (Å²) < 4.78 is 10.0. The quantitative estimate of drug-likeness (QED) is 0.766. The molecule has 0 spiro atoms. The summed E-state index contributed by atoms with van der Waals surface area (Å²) in [6, 6.07) is 1.58. The van der Waals surface area contributed by atoms with Crippen LogP contribution >= 0.6 is 0 Å². The number of carbonyl (C=O) groups is 2. The third-order valence-electron chi connectivity index (χ3n) is 3.68. The SMILES string of the molecule is COC(=O)c1cc(N2CCN(CC(=O)OC(C)(C)C)CC2)c(N)nn1. The van der Waals surface area contributed by atoms with Crippen molar-refractivity contribution >= 4 is 23.4 Å². The van der Waals surface area contributed by atoms with Crippen molar-refractivity contribution < 1.29 is 19.1 Å². The average Bonchev–Trinajstić information content (AvgIpc) is 2.53. The number of ether oxygens (including phenoxy) is 2. The zero-order valence-electron chi connectivity index (χ0n) is 15.1. The Morgan fingerprint density at radius 2 is 1.84 bits per heavy atom. The molecule has 1 aromatic rings. The monoisotopic (exact) mass is 351 g/mol. The van der Waals surface area contributed by atoms with E-state index in [4.69, 9.17) is 10.5 Å². The van der Waals surface area contributed by atoms with E-state index in [0.717, 1.165) is 0 Å². The molecule has 0 saturated carbocycles. The minimum absolute atomic E-state index is 0.114. The predicted molar refractivity (Wildman–Crippen MR) is 92.3 cm³/mol. The van der Waals surface area contributed by atoms with Crippen molar-refractivity contribution in [3.05, 3.63) is 11.8 Å². The predicted octanol–water partition coefficient (Wildman–Crippen LogP) is 0.309. The van der Waals surface area contributed by atoms with Crippen LogP contribution in [0.3, 0.4) is 0 Å². The maximum Gasteiger partial charge on any atom is 0.358 e. The first-order valence-electron chi connectivity index (χ1n) is 8.10. The van der Waals surface area contributed by atoms with Crippen molar-refractivity contribution in [3.63, 3.8) is 0 Å². The van der Waals surface area contributed by atoms with E-state index < -0.39 is 11.6 Å². The smallest absolute Gasteiger partial charge is 0.358 e. The summed E-state index contributed by atoms with van der Waals surface area (Å²) in [5.41, 5.74) is 6.17. The Balaban J connectivity index is 1.96. The van der Waals surface area contributed by atoms with E-state index in [2.05, 4.69) is 14.9 Å². The number of anilines is 2. The highest BCUT2D eigenvalue weighted by molar-refractivity contribution is 5.89. The lowest BCUT2D eigenvalue weighted by Crippen LogP contribution is -2.49. The Morgan fingerprint density at radius 3 is 2.40 bits per heavy atom. The molecular weight excluding hydrogens is 326 g/mol. The molecule has 0 radical (unpaired) electrons. The molecule has 0 amide bonds. The minimum Gasteiger partial charge on any atom is -0.464 e. The van der Waals surface area contributed by atoms with Crippen LogP contribution in [0.4, 0.5) is 11.5 Å². The topological polar surface area (TPSA) is 111 Å². The molecule has 1 saturated heterocycles. The number of piperazine rings is 1. The molecule has 1 aliphatic heterocycles. The van der Waals surface area contributed by atoms with Crippen LogP contribution in [0, 0.1) is 0 Å². The summed E-state index contributed by atoms with van der Waals surface area (Å²) in [6.45, 7) is 8.45. The summed E-state index contributed by atoms with van der Waals surface area (Å²) in [5.74, 6) is -0.537. The zero-order chi connectivity index (χ0) is 18.6. The van der Waals surface area contributed by atoms with E-state index in [0.29, 0.717) is 31.9 Å². The van der Waals surface area contributed by atoms with Gasteiger partial charge in [-0.05, 0) is 20.8 Å². The van der Waals surface area contributed by atoms with Crippen LogP contribution in [0.15, 0.2) is 6.07 Å². The molecule has 1 fully saturated rings. The summed E-state index contributed by atoms with van der Waals surface area (Å²) in [4.78, 5) is 27.6. The van der Waals surface area contributed by atoms with Gasteiger partial charge in [-0.2, -0.15) is 0 Å². The third kappa shape index (κ3) is 5.28. The number of nitrogens with two attached hydrogens (primary N) is 1. The van der Waals surface area contributed by atoms with E-state index in [1.165, 1.54) is 7.11 Å². The Kier molecular flexibility index (Phi) is 5.78. The molecule has 2 rings (SSSR count). The molecule has 2 N–H and O–H groups in total. The summed E-state index contributed by atoms with van der Waals surface area (Å²) in [5, 5.41) is 7.57. The first-order valence-corrected chi connectivity index (χ1v) is 8.10. The van der Waals surface area contributed by atoms with E-state index in [1.807, 2.05) is 30.6 Å². The maximum absolute atomic E-state index is 11.9. The number of rotatable bonds is 4. The first-order chi connectivity index (χ1) is 11.7. The number of hydrogen-bond donors (Lipinski definition) is 1. The molecule has 9 heteroatoms. The van der Waals surface area contributed by atoms with Gasteiger partial charge >= 0.3 is 11.9 Å². The molecule has 9 nitrogen and oxygen atoms in total. The van der Waals surface area contributed by atoms with Crippen LogP contribution in [-0.2, 0) is 14.3 Å². The number of methoxy groups -OCH3 is 1. The summed E-state index contributed by atoms with van der Waals surface area (Å²) in [6.07, 6.45) is 0. The lowest BCUT2D eigenvalue weighted by Gasteiger charge is -2.36. The van der Waals surface area contributed by atoms with Crippen molar-refractivity contribution in [3.8, 4) is 0 Å². The molecule has 0 aromatic carbocycles. The maximum atomic E-state index is 11.9. The standard InChI is InChI=1S/C16H25N5O4/c1-16(2,3)25-13(22)10-20-5-7-21(8-6-20)12-9-11(15(23)24-4)18-19-14(12)17/h9H,5-8,10H2,1-4H3,(H2,17,19). The van der Waals surface area contributed by atoms with Crippen molar-refractivity contribution in [2.45, 2.75) is 26.4 Å². The molecule has 0 unspecified atom stereocenters. The molecule has 0 aliphatic carbocycles. The van der Waals surface area contributed by atoms with Gasteiger partial charge in [0.1, 0.15) is 5.60 Å². The van der Waals surface area contributed by atoms with E-state index in [1.54, 1.807) is 6.07 Å². The van der Waals surface area contributed by atoms with E-state index in [-0.39, 0.29) is 24.0 Å². The fourth-order valence-corrected chi connectivity index (χ4v) is 2.55. The van der Waals surface area contributed by atoms with Crippen molar-refractivity contribution in [1.82, 2.24) is 15.1 Å². The van der Waals surface area contributed by atoms with Crippen molar-refractivity contribution in [2.24, 2.45) is 0 Å².